The Balaban J connectivity index is 1.92. The summed E-state index contributed by atoms with van der Waals surface area (Å²) in [6, 6.07) is 0. The van der Waals surface area contributed by atoms with E-state index in [9.17, 15) is 0 Å². The van der Waals surface area contributed by atoms with Crippen LogP contribution in [0.5, 0.6) is 0 Å². The zero-order chi connectivity index (χ0) is 9.52. The molecule has 0 aromatic carbocycles. The second-order valence-corrected chi connectivity index (χ2v) is 4.09. The Morgan fingerprint density at radius 1 is 1.46 bits per heavy atom. The molecule has 1 rings (SSSR count). The average molecular weight is 186 g/mol. The molecular weight excluding hydrogens is 164 g/mol. The molecule has 1 fully saturated rings. The fraction of sp³-hybridized carbons (Fsp3) is 1.00. The summed E-state index contributed by atoms with van der Waals surface area (Å²) in [6.07, 6.45) is 2.64. The fourth-order valence-corrected chi connectivity index (χ4v) is 1.56. The first-order chi connectivity index (χ1) is 6.29. The number of rotatable bonds is 5. The Kier molecular flexibility index (Phi) is 5.35. The highest BCUT2D eigenvalue weighted by molar-refractivity contribution is 4.68. The van der Waals surface area contributed by atoms with Crippen molar-refractivity contribution in [3.8, 4) is 0 Å². The van der Waals surface area contributed by atoms with Crippen LogP contribution in [0.2, 0.25) is 0 Å². The van der Waals surface area contributed by atoms with Crippen LogP contribution in [0.1, 0.15) is 12.8 Å². The molecule has 13 heavy (non-hydrogen) atoms. The van der Waals surface area contributed by atoms with E-state index in [-0.39, 0.29) is 0 Å². The molecule has 1 N–H and O–H groups in total. The van der Waals surface area contributed by atoms with Crippen molar-refractivity contribution < 1.29 is 4.74 Å². The van der Waals surface area contributed by atoms with Crippen molar-refractivity contribution >= 4 is 0 Å². The molecule has 0 bridgehead atoms. The van der Waals surface area contributed by atoms with Gasteiger partial charge >= 0.3 is 0 Å². The molecule has 0 spiro atoms. The maximum Gasteiger partial charge on any atom is 0.0593 e. The quantitative estimate of drug-likeness (QED) is 0.635. The van der Waals surface area contributed by atoms with Crippen LogP contribution in [-0.4, -0.2) is 51.8 Å². The van der Waals surface area contributed by atoms with Crippen molar-refractivity contribution in [3.63, 3.8) is 0 Å². The van der Waals surface area contributed by atoms with Gasteiger partial charge in [-0.2, -0.15) is 0 Å². The zero-order valence-electron chi connectivity index (χ0n) is 8.88. The van der Waals surface area contributed by atoms with E-state index in [0.29, 0.717) is 0 Å². The molecule has 0 amide bonds. The van der Waals surface area contributed by atoms with E-state index in [1.165, 1.54) is 19.4 Å². The molecular formula is C10H22N2O. The van der Waals surface area contributed by atoms with Gasteiger partial charge in [0.25, 0.3) is 0 Å². The molecule has 78 valence electrons. The lowest BCUT2D eigenvalue weighted by Gasteiger charge is -2.22. The van der Waals surface area contributed by atoms with Gasteiger partial charge in [-0.3, -0.25) is 0 Å². The van der Waals surface area contributed by atoms with Gasteiger partial charge in [0, 0.05) is 13.1 Å². The lowest BCUT2D eigenvalue weighted by molar-refractivity contribution is 0.0792. The molecule has 1 atom stereocenters. The molecule has 0 saturated carbocycles. The lowest BCUT2D eigenvalue weighted by atomic mass is 10.0. The molecule has 3 nitrogen and oxygen atoms in total. The number of likely N-dealkylation sites (N-methyl/N-ethyl adjacent to an activating group) is 1. The number of hydrogen-bond donors (Lipinski definition) is 1. The topological polar surface area (TPSA) is 24.5 Å². The normalized spacial score (nSPS) is 23.8. The van der Waals surface area contributed by atoms with E-state index in [1.807, 2.05) is 0 Å². The Bertz CT molecular complexity index is 122. The van der Waals surface area contributed by atoms with Crippen molar-refractivity contribution in [2.75, 3.05) is 46.9 Å². The summed E-state index contributed by atoms with van der Waals surface area (Å²) in [6.45, 7) is 5.15. The maximum atomic E-state index is 5.60. The third-order valence-corrected chi connectivity index (χ3v) is 2.44. The van der Waals surface area contributed by atoms with Crippen LogP contribution in [-0.2, 0) is 4.74 Å². The second kappa shape index (κ2) is 6.35. The third kappa shape index (κ3) is 5.24. The molecule has 0 radical (unpaired) electrons. The number of nitrogens with one attached hydrogen (secondary N) is 1. The largest absolute Gasteiger partial charge is 0.380 e. The van der Waals surface area contributed by atoms with Gasteiger partial charge in [0.05, 0.1) is 13.2 Å². The number of hydrogen-bond acceptors (Lipinski definition) is 3. The lowest BCUT2D eigenvalue weighted by Crippen LogP contribution is -2.32. The van der Waals surface area contributed by atoms with Crippen molar-refractivity contribution in [1.29, 1.82) is 0 Å². The Labute approximate surface area is 81.4 Å². The van der Waals surface area contributed by atoms with Gasteiger partial charge < -0.3 is 15.0 Å². The highest BCUT2D eigenvalue weighted by Crippen LogP contribution is 2.09. The standard InChI is InChI=1S/C10H22N2O/c1-12(2)6-7-13-9-10-4-3-5-11-8-10/h10-11H,3-9H2,1-2H3/t10-/m0/s1. The zero-order valence-corrected chi connectivity index (χ0v) is 8.88. The third-order valence-electron chi connectivity index (χ3n) is 2.44. The monoisotopic (exact) mass is 186 g/mol. The minimum atomic E-state index is 0.746. The summed E-state index contributed by atoms with van der Waals surface area (Å²) in [5, 5.41) is 3.39. The number of piperidine rings is 1. The Hall–Kier alpha value is -0.120. The van der Waals surface area contributed by atoms with Crippen molar-refractivity contribution in [3.05, 3.63) is 0 Å². The molecule has 1 saturated heterocycles. The number of ether oxygens (including phenoxy) is 1. The second-order valence-electron chi connectivity index (χ2n) is 4.09. The van der Waals surface area contributed by atoms with Gasteiger partial charge in [0.1, 0.15) is 0 Å². The van der Waals surface area contributed by atoms with Gasteiger partial charge in [-0.1, -0.05) is 0 Å². The molecule has 1 heterocycles. The first kappa shape index (κ1) is 11.0. The van der Waals surface area contributed by atoms with Gasteiger partial charge in [0.2, 0.25) is 0 Å². The van der Waals surface area contributed by atoms with Gasteiger partial charge in [-0.25, -0.2) is 0 Å². The van der Waals surface area contributed by atoms with Crippen LogP contribution < -0.4 is 5.32 Å². The van der Waals surface area contributed by atoms with Gasteiger partial charge in [-0.05, 0) is 39.4 Å². The van der Waals surface area contributed by atoms with E-state index in [0.717, 1.165) is 32.2 Å². The summed E-state index contributed by atoms with van der Waals surface area (Å²) in [5.74, 6) is 0.746. The van der Waals surface area contributed by atoms with Crippen LogP contribution in [0.25, 0.3) is 0 Å². The maximum absolute atomic E-state index is 5.60. The van der Waals surface area contributed by atoms with Crippen LogP contribution in [0.3, 0.4) is 0 Å². The SMILES string of the molecule is CN(C)CCOC[C@H]1CCCNC1. The summed E-state index contributed by atoms with van der Waals surface area (Å²) in [7, 11) is 4.15. The molecule has 0 aromatic rings. The molecule has 1 aliphatic heterocycles. The molecule has 1 aliphatic rings. The molecule has 0 unspecified atom stereocenters. The van der Waals surface area contributed by atoms with Gasteiger partial charge in [-0.15, -0.1) is 0 Å². The van der Waals surface area contributed by atoms with Gasteiger partial charge in [0.15, 0.2) is 0 Å². The first-order valence-corrected chi connectivity index (χ1v) is 5.22. The molecule has 3 heteroatoms. The summed E-state index contributed by atoms with van der Waals surface area (Å²) >= 11 is 0. The smallest absolute Gasteiger partial charge is 0.0593 e. The summed E-state index contributed by atoms with van der Waals surface area (Å²) in [4.78, 5) is 2.15. The fourth-order valence-electron chi connectivity index (χ4n) is 1.56. The first-order valence-electron chi connectivity index (χ1n) is 5.22. The van der Waals surface area contributed by atoms with Crippen molar-refractivity contribution in [2.24, 2.45) is 5.92 Å². The minimum absolute atomic E-state index is 0.746. The highest BCUT2D eigenvalue weighted by Gasteiger charge is 2.12. The van der Waals surface area contributed by atoms with Crippen LogP contribution in [0.15, 0.2) is 0 Å². The number of nitrogens with zero attached hydrogens (tertiary/aromatic N) is 1. The minimum Gasteiger partial charge on any atom is -0.380 e. The Morgan fingerprint density at radius 2 is 2.31 bits per heavy atom. The van der Waals surface area contributed by atoms with E-state index in [4.69, 9.17) is 4.74 Å². The Morgan fingerprint density at radius 3 is 2.92 bits per heavy atom. The van der Waals surface area contributed by atoms with E-state index in [1.54, 1.807) is 0 Å². The summed E-state index contributed by atoms with van der Waals surface area (Å²) in [5.41, 5.74) is 0. The predicted octanol–water partition coefficient (Wildman–Crippen LogP) is 0.564. The van der Waals surface area contributed by atoms with Crippen LogP contribution >= 0.6 is 0 Å². The summed E-state index contributed by atoms with van der Waals surface area (Å²) < 4.78 is 5.60. The van der Waals surface area contributed by atoms with E-state index >= 15 is 0 Å². The van der Waals surface area contributed by atoms with E-state index in [2.05, 4.69) is 24.3 Å². The van der Waals surface area contributed by atoms with Crippen molar-refractivity contribution in [2.45, 2.75) is 12.8 Å². The molecule has 0 aliphatic carbocycles. The molecule has 0 aromatic heterocycles. The van der Waals surface area contributed by atoms with Crippen molar-refractivity contribution in [1.82, 2.24) is 10.2 Å². The average Bonchev–Trinajstić information content (AvgIpc) is 2.14. The van der Waals surface area contributed by atoms with Crippen LogP contribution in [0.4, 0.5) is 0 Å². The highest BCUT2D eigenvalue weighted by atomic mass is 16.5. The predicted molar refractivity (Wildman–Crippen MR) is 55.0 cm³/mol. The van der Waals surface area contributed by atoms with Crippen LogP contribution in [0, 0.1) is 5.92 Å². The van der Waals surface area contributed by atoms with E-state index < -0.39 is 0 Å².